The van der Waals surface area contributed by atoms with E-state index in [1.54, 1.807) is 11.3 Å². The minimum absolute atomic E-state index is 0.152. The van der Waals surface area contributed by atoms with Gasteiger partial charge in [-0.15, -0.1) is 0 Å². The van der Waals surface area contributed by atoms with Gasteiger partial charge in [-0.25, -0.2) is 0 Å². The molecule has 1 aliphatic rings. The molecular weight excluding hydrogens is 314 g/mol. The van der Waals surface area contributed by atoms with Crippen LogP contribution in [0.2, 0.25) is 0 Å². The van der Waals surface area contributed by atoms with Gasteiger partial charge in [0.25, 0.3) is 0 Å². The highest BCUT2D eigenvalue weighted by Gasteiger charge is 2.55. The molecule has 0 aromatic heterocycles. The molecule has 2 atom stereocenters. The summed E-state index contributed by atoms with van der Waals surface area (Å²) in [7, 11) is 0. The van der Waals surface area contributed by atoms with Crippen LogP contribution in [0.4, 0.5) is 0 Å². The molecule has 0 radical (unpaired) electrons. The number of hydrogen-bond acceptors (Lipinski definition) is 1. The van der Waals surface area contributed by atoms with Crippen LogP contribution in [-0.2, 0) is 0 Å². The maximum absolute atomic E-state index is 2.79. The fraction of sp³-hybridized carbons (Fsp3) is 0.920. The van der Waals surface area contributed by atoms with Crippen LogP contribution < -0.4 is 0 Å². The molecule has 0 N–H and O–H groups in total. The molecule has 0 saturated carbocycles. The highest BCUT2D eigenvalue weighted by atomic mass is 15.2. The van der Waals surface area contributed by atoms with E-state index in [4.69, 9.17) is 0 Å². The summed E-state index contributed by atoms with van der Waals surface area (Å²) in [6.07, 6.45) is 2.41. The van der Waals surface area contributed by atoms with Crippen molar-refractivity contribution in [2.75, 3.05) is 0 Å². The van der Waals surface area contributed by atoms with Gasteiger partial charge in [-0.2, -0.15) is 0 Å². The van der Waals surface area contributed by atoms with Crippen LogP contribution in [0.3, 0.4) is 0 Å². The first-order valence-electron chi connectivity index (χ1n) is 11.0. The standard InChI is InChI=1S/C25H49N/c1-15-23(9,10)19-18(5)26(17(3)4)21(22(6,7)8)20(25(19,13)14)24(11,12)16-2/h17-19H,15-16H2,1-14H3. The first kappa shape index (κ1) is 23.6. The number of allylic oxidation sites excluding steroid dienone is 2. The number of rotatable bonds is 5. The van der Waals surface area contributed by atoms with Gasteiger partial charge in [0.15, 0.2) is 0 Å². The third kappa shape index (κ3) is 3.88. The molecule has 0 spiro atoms. The fourth-order valence-electron chi connectivity index (χ4n) is 6.27. The van der Waals surface area contributed by atoms with E-state index < -0.39 is 0 Å². The summed E-state index contributed by atoms with van der Waals surface area (Å²) >= 11 is 0. The lowest BCUT2D eigenvalue weighted by atomic mass is 9.51. The van der Waals surface area contributed by atoms with Crippen LogP contribution in [0.5, 0.6) is 0 Å². The van der Waals surface area contributed by atoms with Crippen molar-refractivity contribution in [2.24, 2.45) is 27.6 Å². The fourth-order valence-corrected chi connectivity index (χ4v) is 6.27. The molecule has 0 aliphatic carbocycles. The maximum Gasteiger partial charge on any atom is 0.0303 e. The van der Waals surface area contributed by atoms with Crippen LogP contribution in [0, 0.1) is 27.6 Å². The second kappa shape index (κ2) is 7.17. The topological polar surface area (TPSA) is 3.24 Å². The molecule has 1 heterocycles. The van der Waals surface area contributed by atoms with E-state index in [1.165, 1.54) is 12.8 Å². The molecule has 0 saturated heterocycles. The van der Waals surface area contributed by atoms with Crippen molar-refractivity contribution in [1.29, 1.82) is 0 Å². The van der Waals surface area contributed by atoms with Gasteiger partial charge in [0.2, 0.25) is 0 Å². The molecule has 1 rings (SSSR count). The van der Waals surface area contributed by atoms with Crippen LogP contribution in [0.15, 0.2) is 11.3 Å². The van der Waals surface area contributed by atoms with Crippen LogP contribution >= 0.6 is 0 Å². The molecule has 1 nitrogen and oxygen atoms in total. The minimum atomic E-state index is 0.152. The zero-order valence-electron chi connectivity index (χ0n) is 20.6. The predicted octanol–water partition coefficient (Wildman–Crippen LogP) is 7.91. The molecule has 0 aromatic carbocycles. The van der Waals surface area contributed by atoms with E-state index in [1.807, 2.05) is 0 Å². The molecule has 1 heteroatoms. The smallest absolute Gasteiger partial charge is 0.0303 e. The normalized spacial score (nSPS) is 25.3. The van der Waals surface area contributed by atoms with Gasteiger partial charge < -0.3 is 4.90 Å². The summed E-state index contributed by atoms with van der Waals surface area (Å²) in [4.78, 5) is 2.79. The number of hydrogen-bond donors (Lipinski definition) is 0. The molecule has 2 unspecified atom stereocenters. The van der Waals surface area contributed by atoms with Crippen molar-refractivity contribution in [3.05, 3.63) is 11.3 Å². The van der Waals surface area contributed by atoms with Crippen molar-refractivity contribution in [3.8, 4) is 0 Å². The Kier molecular flexibility index (Phi) is 6.51. The monoisotopic (exact) mass is 363 g/mol. The number of nitrogens with zero attached hydrogens (tertiary/aromatic N) is 1. The zero-order valence-corrected chi connectivity index (χ0v) is 20.6. The lowest BCUT2D eigenvalue weighted by molar-refractivity contribution is -0.0344. The Bertz CT molecular complexity index is 525. The van der Waals surface area contributed by atoms with Gasteiger partial charge in [0.1, 0.15) is 0 Å². The summed E-state index contributed by atoms with van der Waals surface area (Å²) in [5.41, 5.74) is 4.18. The van der Waals surface area contributed by atoms with Crippen molar-refractivity contribution in [1.82, 2.24) is 4.90 Å². The molecule has 0 aromatic rings. The van der Waals surface area contributed by atoms with Crippen molar-refractivity contribution in [2.45, 2.75) is 122 Å². The molecule has 26 heavy (non-hydrogen) atoms. The lowest BCUT2D eigenvalue weighted by Crippen LogP contribution is -2.60. The highest BCUT2D eigenvalue weighted by Crippen LogP contribution is 2.61. The van der Waals surface area contributed by atoms with E-state index in [0.29, 0.717) is 23.4 Å². The van der Waals surface area contributed by atoms with Crippen LogP contribution in [0.1, 0.15) is 110 Å². The second-order valence-corrected chi connectivity index (χ2v) is 12.0. The SMILES string of the molecule is CCC(C)(C)C1=C(C(C)(C)C)N(C(C)C)C(C)C(C(C)(C)CC)C1(C)C. The van der Waals surface area contributed by atoms with Gasteiger partial charge in [-0.05, 0) is 54.9 Å². The van der Waals surface area contributed by atoms with Crippen molar-refractivity contribution >= 4 is 0 Å². The zero-order chi connectivity index (χ0) is 20.9. The van der Waals surface area contributed by atoms with E-state index in [-0.39, 0.29) is 16.2 Å². The molecule has 0 bridgehead atoms. The third-order valence-electron chi connectivity index (χ3n) is 7.42. The summed E-state index contributed by atoms with van der Waals surface area (Å²) in [5, 5.41) is 0. The van der Waals surface area contributed by atoms with E-state index >= 15 is 0 Å². The Morgan fingerprint density at radius 1 is 0.923 bits per heavy atom. The van der Waals surface area contributed by atoms with Gasteiger partial charge in [0, 0.05) is 23.2 Å². The highest BCUT2D eigenvalue weighted by molar-refractivity contribution is 5.35. The average molecular weight is 364 g/mol. The Balaban J connectivity index is 4.00. The largest absolute Gasteiger partial charge is 0.369 e. The summed E-state index contributed by atoms with van der Waals surface area (Å²) < 4.78 is 0. The molecule has 0 fully saturated rings. The first-order valence-corrected chi connectivity index (χ1v) is 11.0. The van der Waals surface area contributed by atoms with Gasteiger partial charge in [-0.1, -0.05) is 82.6 Å². The third-order valence-corrected chi connectivity index (χ3v) is 7.42. The molecular formula is C25H49N. The molecule has 1 aliphatic heterocycles. The molecule has 0 amide bonds. The van der Waals surface area contributed by atoms with Crippen LogP contribution in [0.25, 0.3) is 0 Å². The first-order chi connectivity index (χ1) is 11.5. The quantitative estimate of drug-likeness (QED) is 0.479. The lowest BCUT2D eigenvalue weighted by Gasteiger charge is -2.62. The Morgan fingerprint density at radius 2 is 1.38 bits per heavy atom. The summed E-state index contributed by atoms with van der Waals surface area (Å²) in [5.74, 6) is 0.634. The Hall–Kier alpha value is -0.460. The Labute approximate surface area is 166 Å². The van der Waals surface area contributed by atoms with Crippen molar-refractivity contribution in [3.63, 3.8) is 0 Å². The average Bonchev–Trinajstić information content (AvgIpc) is 2.43. The van der Waals surface area contributed by atoms with E-state index in [9.17, 15) is 0 Å². The van der Waals surface area contributed by atoms with Crippen LogP contribution in [-0.4, -0.2) is 17.0 Å². The van der Waals surface area contributed by atoms with E-state index in [0.717, 1.165) is 0 Å². The predicted molar refractivity (Wildman–Crippen MR) is 118 cm³/mol. The Morgan fingerprint density at radius 3 is 1.69 bits per heavy atom. The molecule has 154 valence electrons. The second-order valence-electron chi connectivity index (χ2n) is 12.0. The van der Waals surface area contributed by atoms with Crippen molar-refractivity contribution < 1.29 is 0 Å². The summed E-state index contributed by atoms with van der Waals surface area (Å²) in [6.45, 7) is 34.2. The van der Waals surface area contributed by atoms with E-state index in [2.05, 4.69) is 102 Å². The minimum Gasteiger partial charge on any atom is -0.369 e. The summed E-state index contributed by atoms with van der Waals surface area (Å²) in [6, 6.07) is 1.07. The maximum atomic E-state index is 2.79. The van der Waals surface area contributed by atoms with Gasteiger partial charge in [0.05, 0.1) is 0 Å². The van der Waals surface area contributed by atoms with Gasteiger partial charge >= 0.3 is 0 Å². The van der Waals surface area contributed by atoms with Gasteiger partial charge in [-0.3, -0.25) is 0 Å².